The minimum atomic E-state index is 0.279. The number of hydrogen-bond acceptors (Lipinski definition) is 2. The molecule has 0 fully saturated rings. The van der Waals surface area contributed by atoms with Gasteiger partial charge in [0.25, 0.3) is 0 Å². The van der Waals surface area contributed by atoms with E-state index in [4.69, 9.17) is 5.73 Å². The Kier molecular flexibility index (Phi) is 4.58. The van der Waals surface area contributed by atoms with E-state index in [1.807, 2.05) is 0 Å². The SMILES string of the molecule is Cc1ccc(C(c2ccc(CN)cc2)N(C)C)cc1C. The Morgan fingerprint density at radius 1 is 0.900 bits per heavy atom. The number of benzene rings is 2. The van der Waals surface area contributed by atoms with Crippen molar-refractivity contribution in [3.8, 4) is 0 Å². The standard InChI is InChI=1S/C18H24N2/c1-13-5-8-17(11-14(13)2)18(20(3)4)16-9-6-15(12-19)7-10-16/h5-11,18H,12,19H2,1-4H3. The summed E-state index contributed by atoms with van der Waals surface area (Å²) in [4.78, 5) is 2.25. The number of rotatable bonds is 4. The van der Waals surface area contributed by atoms with E-state index < -0.39 is 0 Å². The van der Waals surface area contributed by atoms with Crippen molar-refractivity contribution >= 4 is 0 Å². The number of aryl methyl sites for hydroxylation is 2. The molecule has 1 unspecified atom stereocenters. The van der Waals surface area contributed by atoms with Crippen LogP contribution in [-0.4, -0.2) is 19.0 Å². The van der Waals surface area contributed by atoms with Gasteiger partial charge in [-0.2, -0.15) is 0 Å². The fourth-order valence-corrected chi connectivity index (χ4v) is 2.56. The second kappa shape index (κ2) is 6.21. The summed E-state index contributed by atoms with van der Waals surface area (Å²) in [5.41, 5.74) is 12.2. The topological polar surface area (TPSA) is 29.3 Å². The molecule has 0 aromatic heterocycles. The Morgan fingerprint density at radius 2 is 1.50 bits per heavy atom. The lowest BCUT2D eigenvalue weighted by Gasteiger charge is -2.26. The van der Waals surface area contributed by atoms with E-state index in [1.54, 1.807) is 0 Å². The van der Waals surface area contributed by atoms with Crippen molar-refractivity contribution in [2.75, 3.05) is 14.1 Å². The highest BCUT2D eigenvalue weighted by atomic mass is 15.1. The summed E-state index contributed by atoms with van der Waals surface area (Å²) in [7, 11) is 4.24. The van der Waals surface area contributed by atoms with Crippen LogP contribution in [0.15, 0.2) is 42.5 Å². The summed E-state index contributed by atoms with van der Waals surface area (Å²) in [6.07, 6.45) is 0. The van der Waals surface area contributed by atoms with E-state index in [9.17, 15) is 0 Å². The van der Waals surface area contributed by atoms with Crippen LogP contribution in [-0.2, 0) is 6.54 Å². The van der Waals surface area contributed by atoms with Crippen LogP contribution in [0, 0.1) is 13.8 Å². The maximum atomic E-state index is 5.67. The highest BCUT2D eigenvalue weighted by molar-refractivity contribution is 5.38. The minimum Gasteiger partial charge on any atom is -0.326 e. The molecule has 0 bridgehead atoms. The molecule has 2 heteroatoms. The predicted octanol–water partition coefficient (Wildman–Crippen LogP) is 3.41. The van der Waals surface area contributed by atoms with E-state index in [0.717, 1.165) is 0 Å². The van der Waals surface area contributed by atoms with Crippen molar-refractivity contribution in [1.29, 1.82) is 0 Å². The zero-order valence-electron chi connectivity index (χ0n) is 12.9. The van der Waals surface area contributed by atoms with E-state index in [0.29, 0.717) is 6.54 Å². The van der Waals surface area contributed by atoms with Gasteiger partial charge in [0, 0.05) is 6.54 Å². The van der Waals surface area contributed by atoms with Gasteiger partial charge in [0.1, 0.15) is 0 Å². The molecule has 2 nitrogen and oxygen atoms in total. The van der Waals surface area contributed by atoms with Gasteiger partial charge >= 0.3 is 0 Å². The summed E-state index contributed by atoms with van der Waals surface area (Å²) in [6, 6.07) is 15.6. The molecule has 0 amide bonds. The minimum absolute atomic E-state index is 0.279. The molecule has 106 valence electrons. The first-order valence-electron chi connectivity index (χ1n) is 7.05. The van der Waals surface area contributed by atoms with Crippen LogP contribution < -0.4 is 5.73 Å². The molecule has 0 heterocycles. The molecule has 0 aliphatic heterocycles. The third kappa shape index (κ3) is 3.09. The van der Waals surface area contributed by atoms with Crippen LogP contribution >= 0.6 is 0 Å². The molecule has 0 aliphatic carbocycles. The highest BCUT2D eigenvalue weighted by Gasteiger charge is 2.16. The number of nitrogens with zero attached hydrogens (tertiary/aromatic N) is 1. The van der Waals surface area contributed by atoms with Crippen LogP contribution in [0.3, 0.4) is 0 Å². The molecule has 0 saturated heterocycles. The Balaban J connectivity index is 2.41. The zero-order chi connectivity index (χ0) is 14.7. The largest absolute Gasteiger partial charge is 0.326 e. The van der Waals surface area contributed by atoms with E-state index in [2.05, 4.69) is 75.3 Å². The zero-order valence-corrected chi connectivity index (χ0v) is 12.9. The van der Waals surface area contributed by atoms with Gasteiger partial charge in [0.15, 0.2) is 0 Å². The quantitative estimate of drug-likeness (QED) is 0.920. The van der Waals surface area contributed by atoms with Crippen LogP contribution in [0.5, 0.6) is 0 Å². The maximum Gasteiger partial charge on any atom is 0.0596 e. The molecule has 2 aromatic carbocycles. The average molecular weight is 268 g/mol. The third-order valence-corrected chi connectivity index (χ3v) is 3.89. The van der Waals surface area contributed by atoms with Gasteiger partial charge < -0.3 is 5.73 Å². The molecule has 0 radical (unpaired) electrons. The Bertz CT molecular complexity index is 570. The third-order valence-electron chi connectivity index (χ3n) is 3.89. The highest BCUT2D eigenvalue weighted by Crippen LogP contribution is 2.28. The fraction of sp³-hybridized carbons (Fsp3) is 0.333. The van der Waals surface area contributed by atoms with Gasteiger partial charge in [-0.3, -0.25) is 4.90 Å². The summed E-state index contributed by atoms with van der Waals surface area (Å²) < 4.78 is 0. The van der Waals surface area contributed by atoms with Gasteiger partial charge in [-0.15, -0.1) is 0 Å². The average Bonchev–Trinajstić information content (AvgIpc) is 2.43. The first-order valence-corrected chi connectivity index (χ1v) is 7.05. The summed E-state index contributed by atoms with van der Waals surface area (Å²) in [5.74, 6) is 0. The van der Waals surface area contributed by atoms with Crippen LogP contribution in [0.4, 0.5) is 0 Å². The van der Waals surface area contributed by atoms with Crippen molar-refractivity contribution in [2.24, 2.45) is 5.73 Å². The van der Waals surface area contributed by atoms with Gasteiger partial charge in [-0.25, -0.2) is 0 Å². The molecular weight excluding hydrogens is 244 g/mol. The summed E-state index contributed by atoms with van der Waals surface area (Å²) >= 11 is 0. The van der Waals surface area contributed by atoms with Crippen molar-refractivity contribution < 1.29 is 0 Å². The Labute approximate surface area is 122 Å². The second-order valence-corrected chi connectivity index (χ2v) is 5.66. The Morgan fingerprint density at radius 3 is 2.00 bits per heavy atom. The smallest absolute Gasteiger partial charge is 0.0596 e. The normalized spacial score (nSPS) is 12.7. The first-order chi connectivity index (χ1) is 9.52. The molecule has 2 N–H and O–H groups in total. The molecule has 0 aliphatic rings. The van der Waals surface area contributed by atoms with Crippen molar-refractivity contribution in [2.45, 2.75) is 26.4 Å². The van der Waals surface area contributed by atoms with E-state index in [1.165, 1.54) is 27.8 Å². The van der Waals surface area contributed by atoms with E-state index >= 15 is 0 Å². The molecule has 0 spiro atoms. The van der Waals surface area contributed by atoms with Gasteiger partial charge in [0.2, 0.25) is 0 Å². The molecule has 1 atom stereocenters. The lowest BCUT2D eigenvalue weighted by molar-refractivity contribution is 0.342. The lowest BCUT2D eigenvalue weighted by Crippen LogP contribution is -2.21. The van der Waals surface area contributed by atoms with Gasteiger partial charge in [-0.1, -0.05) is 42.5 Å². The first kappa shape index (κ1) is 14.8. The van der Waals surface area contributed by atoms with Crippen LogP contribution in [0.25, 0.3) is 0 Å². The second-order valence-electron chi connectivity index (χ2n) is 5.66. The predicted molar refractivity (Wildman–Crippen MR) is 85.8 cm³/mol. The molecular formula is C18H24N2. The molecule has 2 aromatic rings. The summed E-state index contributed by atoms with van der Waals surface area (Å²) in [6.45, 7) is 4.92. The van der Waals surface area contributed by atoms with E-state index in [-0.39, 0.29) is 6.04 Å². The lowest BCUT2D eigenvalue weighted by atomic mass is 9.94. The van der Waals surface area contributed by atoms with Crippen molar-refractivity contribution in [1.82, 2.24) is 4.90 Å². The molecule has 20 heavy (non-hydrogen) atoms. The van der Waals surface area contributed by atoms with Crippen molar-refractivity contribution in [3.63, 3.8) is 0 Å². The van der Waals surface area contributed by atoms with Crippen LogP contribution in [0.2, 0.25) is 0 Å². The molecule has 2 rings (SSSR count). The van der Waals surface area contributed by atoms with Gasteiger partial charge in [-0.05, 0) is 55.8 Å². The van der Waals surface area contributed by atoms with Crippen molar-refractivity contribution in [3.05, 3.63) is 70.3 Å². The number of hydrogen-bond donors (Lipinski definition) is 1. The molecule has 0 saturated carbocycles. The summed E-state index contributed by atoms with van der Waals surface area (Å²) in [5, 5.41) is 0. The van der Waals surface area contributed by atoms with Gasteiger partial charge in [0.05, 0.1) is 6.04 Å². The Hall–Kier alpha value is -1.64. The number of nitrogens with two attached hydrogens (primary N) is 1. The monoisotopic (exact) mass is 268 g/mol. The maximum absolute atomic E-state index is 5.67. The van der Waals surface area contributed by atoms with Crippen LogP contribution in [0.1, 0.15) is 33.9 Å². The fourth-order valence-electron chi connectivity index (χ4n) is 2.56.